The second kappa shape index (κ2) is 10.1. The quantitative estimate of drug-likeness (QED) is 0.500. The predicted octanol–water partition coefficient (Wildman–Crippen LogP) is 2.58. The van der Waals surface area contributed by atoms with Crippen molar-refractivity contribution in [2.24, 2.45) is 0 Å². The zero-order chi connectivity index (χ0) is 18.2. The van der Waals surface area contributed by atoms with Crippen LogP contribution in [0.3, 0.4) is 0 Å². The minimum Gasteiger partial charge on any atom is -0.353 e. The SMILES string of the molecule is O=C(CCCCCNC(=O)NC1CCCCC1)NC1CC2CCC(C1)N2. The van der Waals surface area contributed by atoms with Gasteiger partial charge in [0.25, 0.3) is 0 Å². The second-order valence-corrected chi connectivity index (χ2v) is 8.42. The van der Waals surface area contributed by atoms with Gasteiger partial charge in [0, 0.05) is 37.1 Å². The Balaban J connectivity index is 1.17. The van der Waals surface area contributed by atoms with Crippen LogP contribution in [0, 0.1) is 0 Å². The van der Waals surface area contributed by atoms with Gasteiger partial charge >= 0.3 is 6.03 Å². The van der Waals surface area contributed by atoms with Crippen LogP contribution in [0.1, 0.15) is 83.5 Å². The van der Waals surface area contributed by atoms with Crippen molar-refractivity contribution in [2.75, 3.05) is 6.54 Å². The number of urea groups is 1. The summed E-state index contributed by atoms with van der Waals surface area (Å²) < 4.78 is 0. The van der Waals surface area contributed by atoms with Crippen molar-refractivity contribution >= 4 is 11.9 Å². The molecule has 1 saturated carbocycles. The third kappa shape index (κ3) is 6.45. The number of fused-ring (bicyclic) bond motifs is 2. The van der Waals surface area contributed by atoms with E-state index >= 15 is 0 Å². The van der Waals surface area contributed by atoms with Crippen molar-refractivity contribution in [2.45, 2.75) is 108 Å². The first kappa shape index (κ1) is 19.5. The molecule has 148 valence electrons. The Bertz CT molecular complexity index is 453. The number of hydrogen-bond acceptors (Lipinski definition) is 3. The Morgan fingerprint density at radius 1 is 0.808 bits per heavy atom. The summed E-state index contributed by atoms with van der Waals surface area (Å²) in [6.45, 7) is 0.692. The molecule has 4 N–H and O–H groups in total. The lowest BCUT2D eigenvalue weighted by atomic mass is 9.96. The summed E-state index contributed by atoms with van der Waals surface area (Å²) in [4.78, 5) is 23.9. The summed E-state index contributed by atoms with van der Waals surface area (Å²) in [6.07, 6.45) is 14.1. The highest BCUT2D eigenvalue weighted by atomic mass is 16.2. The zero-order valence-corrected chi connectivity index (χ0v) is 16.0. The second-order valence-electron chi connectivity index (χ2n) is 8.42. The van der Waals surface area contributed by atoms with Gasteiger partial charge in [0.05, 0.1) is 0 Å². The van der Waals surface area contributed by atoms with E-state index in [-0.39, 0.29) is 11.9 Å². The molecule has 1 aliphatic carbocycles. The fourth-order valence-electron chi connectivity index (χ4n) is 4.75. The van der Waals surface area contributed by atoms with E-state index in [1.807, 2.05) is 0 Å². The Labute approximate surface area is 157 Å². The van der Waals surface area contributed by atoms with Crippen molar-refractivity contribution in [3.63, 3.8) is 0 Å². The lowest BCUT2D eigenvalue weighted by molar-refractivity contribution is -0.122. The van der Waals surface area contributed by atoms with Crippen LogP contribution in [-0.4, -0.2) is 42.7 Å². The van der Waals surface area contributed by atoms with E-state index < -0.39 is 0 Å². The summed E-state index contributed by atoms with van der Waals surface area (Å²) in [7, 11) is 0. The molecule has 2 bridgehead atoms. The third-order valence-electron chi connectivity index (χ3n) is 6.14. The van der Waals surface area contributed by atoms with Gasteiger partial charge in [-0.1, -0.05) is 25.7 Å². The maximum Gasteiger partial charge on any atom is 0.315 e. The van der Waals surface area contributed by atoms with E-state index in [1.54, 1.807) is 0 Å². The Kier molecular flexibility index (Phi) is 7.59. The largest absolute Gasteiger partial charge is 0.353 e. The van der Waals surface area contributed by atoms with Gasteiger partial charge in [-0.15, -0.1) is 0 Å². The molecule has 3 amide bonds. The molecule has 2 heterocycles. The highest BCUT2D eigenvalue weighted by Gasteiger charge is 2.33. The van der Waals surface area contributed by atoms with Crippen molar-refractivity contribution in [1.29, 1.82) is 0 Å². The summed E-state index contributed by atoms with van der Waals surface area (Å²) in [6, 6.07) is 1.93. The molecule has 3 fully saturated rings. The number of amides is 3. The molecule has 0 radical (unpaired) electrons. The number of nitrogens with one attached hydrogen (secondary N) is 4. The van der Waals surface area contributed by atoms with Gasteiger partial charge in [-0.25, -0.2) is 4.79 Å². The van der Waals surface area contributed by atoms with Gasteiger partial charge in [0.15, 0.2) is 0 Å². The monoisotopic (exact) mass is 364 g/mol. The van der Waals surface area contributed by atoms with Crippen LogP contribution in [0.25, 0.3) is 0 Å². The van der Waals surface area contributed by atoms with E-state index in [9.17, 15) is 9.59 Å². The van der Waals surface area contributed by atoms with Crippen LogP contribution in [0.2, 0.25) is 0 Å². The van der Waals surface area contributed by atoms with Crippen LogP contribution < -0.4 is 21.3 Å². The lowest BCUT2D eigenvalue weighted by Gasteiger charge is -2.29. The molecule has 2 saturated heterocycles. The summed E-state index contributed by atoms with van der Waals surface area (Å²) in [5.41, 5.74) is 0. The fraction of sp³-hybridized carbons (Fsp3) is 0.900. The van der Waals surface area contributed by atoms with E-state index in [0.717, 1.165) is 44.9 Å². The molecule has 2 atom stereocenters. The van der Waals surface area contributed by atoms with Crippen LogP contribution in [0.4, 0.5) is 4.79 Å². The van der Waals surface area contributed by atoms with Gasteiger partial charge in [-0.05, 0) is 51.4 Å². The van der Waals surface area contributed by atoms with Gasteiger partial charge in [0.1, 0.15) is 0 Å². The number of rotatable bonds is 8. The van der Waals surface area contributed by atoms with E-state index in [4.69, 9.17) is 0 Å². The molecule has 0 aromatic carbocycles. The third-order valence-corrected chi connectivity index (χ3v) is 6.14. The Morgan fingerprint density at radius 2 is 1.54 bits per heavy atom. The number of hydrogen-bond donors (Lipinski definition) is 4. The normalized spacial score (nSPS) is 28.5. The molecule has 6 nitrogen and oxygen atoms in total. The minimum absolute atomic E-state index is 0.0322. The number of carbonyl (C=O) groups is 2. The van der Waals surface area contributed by atoms with Crippen LogP contribution >= 0.6 is 0 Å². The highest BCUT2D eigenvalue weighted by molar-refractivity contribution is 5.76. The molecule has 0 spiro atoms. The van der Waals surface area contributed by atoms with Crippen LogP contribution in [0.15, 0.2) is 0 Å². The van der Waals surface area contributed by atoms with Crippen LogP contribution in [-0.2, 0) is 4.79 Å². The molecule has 2 unspecified atom stereocenters. The average molecular weight is 365 g/mol. The van der Waals surface area contributed by atoms with Crippen molar-refractivity contribution in [1.82, 2.24) is 21.3 Å². The first-order chi connectivity index (χ1) is 12.7. The van der Waals surface area contributed by atoms with Crippen LogP contribution in [0.5, 0.6) is 0 Å². The van der Waals surface area contributed by atoms with Crippen molar-refractivity contribution in [3.05, 3.63) is 0 Å². The van der Waals surface area contributed by atoms with E-state index in [1.165, 1.54) is 32.1 Å². The first-order valence-electron chi connectivity index (χ1n) is 10.8. The first-order valence-corrected chi connectivity index (χ1v) is 10.8. The lowest BCUT2D eigenvalue weighted by Crippen LogP contribution is -2.47. The van der Waals surface area contributed by atoms with Gasteiger partial charge in [0.2, 0.25) is 5.91 Å². The number of unbranched alkanes of at least 4 members (excludes halogenated alkanes) is 2. The fourth-order valence-corrected chi connectivity index (χ4v) is 4.75. The smallest absolute Gasteiger partial charge is 0.315 e. The summed E-state index contributed by atoms with van der Waals surface area (Å²) in [5, 5.41) is 12.8. The Morgan fingerprint density at radius 3 is 2.27 bits per heavy atom. The van der Waals surface area contributed by atoms with E-state index in [0.29, 0.717) is 37.1 Å². The number of carbonyl (C=O) groups excluding carboxylic acids is 2. The topological polar surface area (TPSA) is 82.3 Å². The van der Waals surface area contributed by atoms with Gasteiger partial charge in [-0.3, -0.25) is 4.79 Å². The van der Waals surface area contributed by atoms with E-state index in [2.05, 4.69) is 21.3 Å². The average Bonchev–Trinajstić information content (AvgIpc) is 2.97. The number of piperidine rings is 1. The molecule has 26 heavy (non-hydrogen) atoms. The Hall–Kier alpha value is -1.30. The highest BCUT2D eigenvalue weighted by Crippen LogP contribution is 2.26. The molecular weight excluding hydrogens is 328 g/mol. The molecule has 2 aliphatic heterocycles. The molecule has 0 aromatic rings. The molecule has 0 aromatic heterocycles. The van der Waals surface area contributed by atoms with Gasteiger partial charge < -0.3 is 21.3 Å². The maximum atomic E-state index is 12.1. The summed E-state index contributed by atoms with van der Waals surface area (Å²) >= 11 is 0. The molecule has 6 heteroatoms. The maximum absolute atomic E-state index is 12.1. The minimum atomic E-state index is -0.0322. The predicted molar refractivity (Wildman–Crippen MR) is 103 cm³/mol. The molecule has 3 aliphatic rings. The van der Waals surface area contributed by atoms with Crippen molar-refractivity contribution < 1.29 is 9.59 Å². The van der Waals surface area contributed by atoms with Gasteiger partial charge in [-0.2, -0.15) is 0 Å². The standard InChI is InChI=1S/C20H36N4O2/c25-19(23-18-13-16-10-11-17(14-18)22-16)9-5-2-6-12-21-20(26)24-15-7-3-1-4-8-15/h15-18,22H,1-14H2,(H,23,25)(H2,21,24,26). The van der Waals surface area contributed by atoms with Crippen molar-refractivity contribution in [3.8, 4) is 0 Å². The zero-order valence-electron chi connectivity index (χ0n) is 16.0. The summed E-state index contributed by atoms with van der Waals surface area (Å²) in [5.74, 6) is 0.194. The molecular formula is C20H36N4O2. The molecule has 3 rings (SSSR count).